The average molecular weight is 382 g/mol. The molecule has 0 aliphatic carbocycles. The van der Waals surface area contributed by atoms with Crippen molar-refractivity contribution in [2.45, 2.75) is 17.7 Å². The number of carbonyl (C=O) groups excluding carboxylic acids is 2. The Morgan fingerprint density at radius 1 is 0.808 bits per heavy atom. The van der Waals surface area contributed by atoms with Crippen molar-refractivity contribution in [3.8, 4) is 0 Å². The average Bonchev–Trinajstić information content (AvgIpc) is 2.61. The van der Waals surface area contributed by atoms with Crippen molar-refractivity contribution in [2.75, 3.05) is 5.75 Å². The molecular weight excluding hydrogens is 366 g/mol. The van der Waals surface area contributed by atoms with E-state index in [1.165, 1.54) is 24.3 Å². The molecule has 0 spiro atoms. The molecule has 0 fully saturated rings. The highest BCUT2D eigenvalue weighted by molar-refractivity contribution is 7.91. The number of hydrogen-bond acceptors (Lipinski definition) is 4. The van der Waals surface area contributed by atoms with Crippen molar-refractivity contribution in [1.82, 2.24) is 10.9 Å². The van der Waals surface area contributed by atoms with Crippen LogP contribution in [0, 0.1) is 11.6 Å². The standard InChI is InChI=1S/C17H16F2N2O4S/c18-13-3-1-12(2-4-13)11-17(23)21-20-16(22)9-10-26(24,25)15-7-5-14(19)6-8-15/h1-8H,9-11H2,(H,20,22)(H,21,23). The van der Waals surface area contributed by atoms with Gasteiger partial charge in [-0.15, -0.1) is 0 Å². The van der Waals surface area contributed by atoms with Crippen LogP contribution in [0.25, 0.3) is 0 Å². The summed E-state index contributed by atoms with van der Waals surface area (Å²) in [6.45, 7) is 0. The third-order valence-electron chi connectivity index (χ3n) is 3.39. The zero-order valence-electron chi connectivity index (χ0n) is 13.5. The lowest BCUT2D eigenvalue weighted by molar-refractivity contribution is -0.128. The van der Waals surface area contributed by atoms with Crippen molar-refractivity contribution < 1.29 is 26.8 Å². The SMILES string of the molecule is O=C(CCS(=O)(=O)c1ccc(F)cc1)NNC(=O)Cc1ccc(F)cc1. The van der Waals surface area contributed by atoms with E-state index in [0.717, 1.165) is 24.3 Å². The molecule has 0 bridgehead atoms. The fraction of sp³-hybridized carbons (Fsp3) is 0.176. The van der Waals surface area contributed by atoms with E-state index >= 15 is 0 Å². The molecule has 0 heterocycles. The molecule has 138 valence electrons. The van der Waals surface area contributed by atoms with E-state index in [4.69, 9.17) is 0 Å². The van der Waals surface area contributed by atoms with Crippen molar-refractivity contribution in [2.24, 2.45) is 0 Å². The predicted octanol–water partition coefficient (Wildman–Crippen LogP) is 1.52. The first-order chi connectivity index (χ1) is 12.3. The van der Waals surface area contributed by atoms with Crippen LogP contribution in [0.5, 0.6) is 0 Å². The lowest BCUT2D eigenvalue weighted by atomic mass is 10.1. The highest BCUT2D eigenvalue weighted by Gasteiger charge is 2.17. The Kier molecular flexibility index (Phi) is 6.40. The first kappa shape index (κ1) is 19.5. The number of hydrazine groups is 1. The minimum atomic E-state index is -3.74. The van der Waals surface area contributed by atoms with Gasteiger partial charge < -0.3 is 0 Å². The van der Waals surface area contributed by atoms with Crippen LogP contribution in [-0.4, -0.2) is 26.0 Å². The first-order valence-electron chi connectivity index (χ1n) is 7.57. The summed E-state index contributed by atoms with van der Waals surface area (Å²) in [5.74, 6) is -2.71. The van der Waals surface area contributed by atoms with Crippen LogP contribution in [0.3, 0.4) is 0 Å². The van der Waals surface area contributed by atoms with E-state index < -0.39 is 39.0 Å². The highest BCUT2D eigenvalue weighted by atomic mass is 32.2. The van der Waals surface area contributed by atoms with Crippen LogP contribution in [0.1, 0.15) is 12.0 Å². The summed E-state index contributed by atoms with van der Waals surface area (Å²) in [6.07, 6.45) is -0.453. The molecule has 2 N–H and O–H groups in total. The minimum absolute atomic E-state index is 0.0750. The van der Waals surface area contributed by atoms with E-state index in [9.17, 15) is 26.8 Å². The van der Waals surface area contributed by atoms with Crippen LogP contribution in [0.4, 0.5) is 8.78 Å². The smallest absolute Gasteiger partial charge is 0.242 e. The molecule has 2 rings (SSSR count). The van der Waals surface area contributed by atoms with Gasteiger partial charge in [0.2, 0.25) is 11.8 Å². The molecule has 2 amide bonds. The quantitative estimate of drug-likeness (QED) is 0.585. The molecule has 0 radical (unpaired) electrons. The molecule has 0 aliphatic rings. The number of carbonyl (C=O) groups is 2. The Morgan fingerprint density at radius 2 is 1.31 bits per heavy atom. The van der Waals surface area contributed by atoms with Gasteiger partial charge in [0.05, 0.1) is 17.1 Å². The van der Waals surface area contributed by atoms with E-state index in [0.29, 0.717) is 5.56 Å². The summed E-state index contributed by atoms with van der Waals surface area (Å²) in [4.78, 5) is 23.3. The Balaban J connectivity index is 1.78. The Bertz CT molecular complexity index is 882. The van der Waals surface area contributed by atoms with Crippen molar-refractivity contribution in [3.05, 3.63) is 65.7 Å². The summed E-state index contributed by atoms with van der Waals surface area (Å²) >= 11 is 0. The Morgan fingerprint density at radius 3 is 1.88 bits per heavy atom. The second-order valence-electron chi connectivity index (χ2n) is 5.42. The summed E-state index contributed by atoms with van der Waals surface area (Å²) in [5, 5.41) is 0. The Hall–Kier alpha value is -2.81. The maximum Gasteiger partial charge on any atom is 0.242 e. The second-order valence-corrected chi connectivity index (χ2v) is 7.53. The number of sulfone groups is 1. The molecule has 6 nitrogen and oxygen atoms in total. The van der Waals surface area contributed by atoms with Gasteiger partial charge in [0, 0.05) is 6.42 Å². The topological polar surface area (TPSA) is 92.3 Å². The molecule has 2 aromatic rings. The van der Waals surface area contributed by atoms with Gasteiger partial charge in [0.15, 0.2) is 9.84 Å². The van der Waals surface area contributed by atoms with Crippen molar-refractivity contribution >= 4 is 21.7 Å². The normalized spacial score (nSPS) is 11.0. The predicted molar refractivity (Wildman–Crippen MR) is 89.5 cm³/mol. The molecule has 0 unspecified atom stereocenters. The zero-order chi connectivity index (χ0) is 19.2. The summed E-state index contributed by atoms with van der Waals surface area (Å²) in [5.41, 5.74) is 4.82. The van der Waals surface area contributed by atoms with E-state index in [-0.39, 0.29) is 17.7 Å². The third-order valence-corrected chi connectivity index (χ3v) is 5.12. The number of amides is 2. The maximum absolute atomic E-state index is 12.8. The molecular formula is C17H16F2N2O4S. The van der Waals surface area contributed by atoms with Crippen LogP contribution < -0.4 is 10.9 Å². The van der Waals surface area contributed by atoms with E-state index in [1.54, 1.807) is 0 Å². The van der Waals surface area contributed by atoms with Gasteiger partial charge in [-0.25, -0.2) is 17.2 Å². The number of benzene rings is 2. The first-order valence-corrected chi connectivity index (χ1v) is 9.22. The number of rotatable bonds is 6. The number of hydrogen-bond donors (Lipinski definition) is 2. The molecule has 2 aromatic carbocycles. The number of halogens is 2. The number of nitrogens with one attached hydrogen (secondary N) is 2. The lowest BCUT2D eigenvalue weighted by Crippen LogP contribution is -2.42. The van der Waals surface area contributed by atoms with Gasteiger partial charge in [0.25, 0.3) is 0 Å². The Labute approximate surface area is 149 Å². The van der Waals surface area contributed by atoms with Gasteiger partial charge >= 0.3 is 0 Å². The van der Waals surface area contributed by atoms with E-state index in [1.807, 2.05) is 0 Å². The highest BCUT2D eigenvalue weighted by Crippen LogP contribution is 2.12. The molecule has 0 atom stereocenters. The zero-order valence-corrected chi connectivity index (χ0v) is 14.4. The summed E-state index contributed by atoms with van der Waals surface area (Å²) in [7, 11) is -3.74. The molecule has 0 saturated carbocycles. The molecule has 0 aromatic heterocycles. The van der Waals surface area contributed by atoms with Crippen LogP contribution >= 0.6 is 0 Å². The monoisotopic (exact) mass is 382 g/mol. The molecule has 0 aliphatic heterocycles. The maximum atomic E-state index is 12.8. The van der Waals surface area contributed by atoms with Gasteiger partial charge in [0.1, 0.15) is 11.6 Å². The summed E-state index contributed by atoms with van der Waals surface area (Å²) < 4.78 is 49.7. The largest absolute Gasteiger partial charge is 0.273 e. The van der Waals surface area contributed by atoms with Crippen LogP contribution in [0.15, 0.2) is 53.4 Å². The van der Waals surface area contributed by atoms with Gasteiger partial charge in [-0.3, -0.25) is 20.4 Å². The summed E-state index contributed by atoms with van der Waals surface area (Å²) in [6, 6.07) is 9.56. The second kappa shape index (κ2) is 8.52. The molecule has 9 heteroatoms. The molecule has 26 heavy (non-hydrogen) atoms. The third kappa shape index (κ3) is 5.92. The van der Waals surface area contributed by atoms with Crippen molar-refractivity contribution in [3.63, 3.8) is 0 Å². The van der Waals surface area contributed by atoms with Crippen LogP contribution in [-0.2, 0) is 25.8 Å². The minimum Gasteiger partial charge on any atom is -0.273 e. The fourth-order valence-corrected chi connectivity index (χ4v) is 3.26. The molecule has 0 saturated heterocycles. The van der Waals surface area contributed by atoms with Gasteiger partial charge in [-0.05, 0) is 42.0 Å². The van der Waals surface area contributed by atoms with E-state index in [2.05, 4.69) is 10.9 Å². The van der Waals surface area contributed by atoms with Crippen LogP contribution in [0.2, 0.25) is 0 Å². The van der Waals surface area contributed by atoms with Gasteiger partial charge in [-0.2, -0.15) is 0 Å². The lowest BCUT2D eigenvalue weighted by Gasteiger charge is -2.08. The van der Waals surface area contributed by atoms with Gasteiger partial charge in [-0.1, -0.05) is 12.1 Å². The van der Waals surface area contributed by atoms with Crippen molar-refractivity contribution in [1.29, 1.82) is 0 Å². The fourth-order valence-electron chi connectivity index (χ4n) is 2.02.